The van der Waals surface area contributed by atoms with Crippen LogP contribution in [0, 0.1) is 5.41 Å². The minimum atomic E-state index is 0.119. The van der Waals surface area contributed by atoms with Crippen molar-refractivity contribution in [1.29, 1.82) is 0 Å². The highest BCUT2D eigenvalue weighted by Gasteiger charge is 2.33. The largest absolute Gasteiger partial charge is 0.396 e. The summed E-state index contributed by atoms with van der Waals surface area (Å²) in [5.74, 6) is 0. The Labute approximate surface area is 81.3 Å². The second-order valence-electron chi connectivity index (χ2n) is 4.27. The maximum absolute atomic E-state index is 9.29. The van der Waals surface area contributed by atoms with Gasteiger partial charge in [0.1, 0.15) is 0 Å². The summed E-state index contributed by atoms with van der Waals surface area (Å²) >= 11 is 0. The van der Waals surface area contributed by atoms with Crippen molar-refractivity contribution in [2.24, 2.45) is 5.41 Å². The zero-order valence-corrected chi connectivity index (χ0v) is 8.72. The van der Waals surface area contributed by atoms with E-state index in [1.54, 1.807) is 0 Å². The van der Waals surface area contributed by atoms with Gasteiger partial charge in [0.15, 0.2) is 0 Å². The van der Waals surface area contributed by atoms with E-state index in [4.69, 9.17) is 4.74 Å². The first-order valence-corrected chi connectivity index (χ1v) is 5.51. The standard InChI is InChI=1S/C11H22O2/c1-2-3-4-5-6-11(9-12)7-8-13-10-11/h12H,2-10H2,1H3. The van der Waals surface area contributed by atoms with Crippen LogP contribution < -0.4 is 0 Å². The van der Waals surface area contributed by atoms with Gasteiger partial charge in [-0.3, -0.25) is 0 Å². The molecule has 1 aliphatic heterocycles. The minimum absolute atomic E-state index is 0.119. The molecule has 1 rings (SSSR count). The van der Waals surface area contributed by atoms with Crippen LogP contribution >= 0.6 is 0 Å². The fraction of sp³-hybridized carbons (Fsp3) is 1.00. The van der Waals surface area contributed by atoms with E-state index in [0.717, 1.165) is 26.1 Å². The van der Waals surface area contributed by atoms with Gasteiger partial charge in [0.2, 0.25) is 0 Å². The van der Waals surface area contributed by atoms with Crippen LogP contribution in [0.3, 0.4) is 0 Å². The third-order valence-corrected chi connectivity index (χ3v) is 3.08. The van der Waals surface area contributed by atoms with Gasteiger partial charge in [0, 0.05) is 12.0 Å². The Kier molecular flexibility index (Phi) is 4.74. The highest BCUT2D eigenvalue weighted by Crippen LogP contribution is 2.33. The summed E-state index contributed by atoms with van der Waals surface area (Å²) in [6.07, 6.45) is 7.35. The Hall–Kier alpha value is -0.0800. The summed E-state index contributed by atoms with van der Waals surface area (Å²) in [4.78, 5) is 0. The second-order valence-corrected chi connectivity index (χ2v) is 4.27. The fourth-order valence-corrected chi connectivity index (χ4v) is 1.98. The van der Waals surface area contributed by atoms with E-state index < -0.39 is 0 Å². The van der Waals surface area contributed by atoms with Gasteiger partial charge < -0.3 is 9.84 Å². The maximum Gasteiger partial charge on any atom is 0.0545 e. The molecule has 1 atom stereocenters. The van der Waals surface area contributed by atoms with Crippen molar-refractivity contribution in [2.45, 2.75) is 45.4 Å². The summed E-state index contributed by atoms with van der Waals surface area (Å²) in [5.41, 5.74) is 0.119. The summed E-state index contributed by atoms with van der Waals surface area (Å²) < 4.78 is 5.35. The Balaban J connectivity index is 2.16. The average Bonchev–Trinajstić information content (AvgIpc) is 2.62. The molecule has 0 radical (unpaired) electrons. The Morgan fingerprint density at radius 1 is 1.31 bits per heavy atom. The quantitative estimate of drug-likeness (QED) is 0.645. The molecule has 1 N–H and O–H groups in total. The smallest absolute Gasteiger partial charge is 0.0545 e. The lowest BCUT2D eigenvalue weighted by Crippen LogP contribution is -2.25. The summed E-state index contributed by atoms with van der Waals surface area (Å²) in [6, 6.07) is 0. The first kappa shape index (κ1) is 11.0. The second kappa shape index (κ2) is 5.61. The Morgan fingerprint density at radius 3 is 2.69 bits per heavy atom. The molecule has 78 valence electrons. The molecule has 0 bridgehead atoms. The van der Waals surface area contributed by atoms with Crippen molar-refractivity contribution in [3.63, 3.8) is 0 Å². The van der Waals surface area contributed by atoms with Crippen LogP contribution in [0.5, 0.6) is 0 Å². The summed E-state index contributed by atoms with van der Waals surface area (Å²) in [5, 5.41) is 9.29. The van der Waals surface area contributed by atoms with Gasteiger partial charge in [-0.2, -0.15) is 0 Å². The van der Waals surface area contributed by atoms with Crippen molar-refractivity contribution in [3.8, 4) is 0 Å². The highest BCUT2D eigenvalue weighted by molar-refractivity contribution is 4.82. The minimum Gasteiger partial charge on any atom is -0.396 e. The monoisotopic (exact) mass is 186 g/mol. The molecule has 13 heavy (non-hydrogen) atoms. The number of rotatable bonds is 6. The van der Waals surface area contributed by atoms with Crippen LogP contribution in [-0.2, 0) is 4.74 Å². The molecule has 0 spiro atoms. The fourth-order valence-electron chi connectivity index (χ4n) is 1.98. The predicted octanol–water partition coefficient (Wildman–Crippen LogP) is 2.36. The van der Waals surface area contributed by atoms with Gasteiger partial charge in [-0.25, -0.2) is 0 Å². The summed E-state index contributed by atoms with van der Waals surface area (Å²) in [6.45, 7) is 4.14. The van der Waals surface area contributed by atoms with Crippen LogP contribution in [0.25, 0.3) is 0 Å². The molecule has 2 nitrogen and oxygen atoms in total. The van der Waals surface area contributed by atoms with Gasteiger partial charge in [-0.1, -0.05) is 32.6 Å². The zero-order valence-electron chi connectivity index (χ0n) is 8.72. The van der Waals surface area contributed by atoms with E-state index in [1.807, 2.05) is 0 Å². The number of hydrogen-bond donors (Lipinski definition) is 1. The van der Waals surface area contributed by atoms with Crippen molar-refractivity contribution in [2.75, 3.05) is 19.8 Å². The Bertz CT molecular complexity index is 128. The van der Waals surface area contributed by atoms with E-state index in [1.165, 1.54) is 25.7 Å². The molecule has 1 saturated heterocycles. The predicted molar refractivity (Wildman–Crippen MR) is 53.7 cm³/mol. The highest BCUT2D eigenvalue weighted by atomic mass is 16.5. The van der Waals surface area contributed by atoms with E-state index >= 15 is 0 Å². The van der Waals surface area contributed by atoms with Crippen molar-refractivity contribution in [1.82, 2.24) is 0 Å². The van der Waals surface area contributed by atoms with E-state index in [9.17, 15) is 5.11 Å². The van der Waals surface area contributed by atoms with Crippen molar-refractivity contribution < 1.29 is 9.84 Å². The van der Waals surface area contributed by atoms with Gasteiger partial charge in [-0.15, -0.1) is 0 Å². The summed E-state index contributed by atoms with van der Waals surface area (Å²) in [7, 11) is 0. The molecular formula is C11H22O2. The first-order chi connectivity index (χ1) is 6.33. The average molecular weight is 186 g/mol. The molecule has 1 aliphatic rings. The lowest BCUT2D eigenvalue weighted by molar-refractivity contribution is 0.0842. The molecular weight excluding hydrogens is 164 g/mol. The van der Waals surface area contributed by atoms with Crippen molar-refractivity contribution in [3.05, 3.63) is 0 Å². The van der Waals surface area contributed by atoms with Crippen LogP contribution in [0.4, 0.5) is 0 Å². The first-order valence-electron chi connectivity index (χ1n) is 5.51. The third-order valence-electron chi connectivity index (χ3n) is 3.08. The number of unbranched alkanes of at least 4 members (excludes halogenated alkanes) is 3. The van der Waals surface area contributed by atoms with E-state index in [-0.39, 0.29) is 5.41 Å². The molecule has 2 heteroatoms. The van der Waals surface area contributed by atoms with Gasteiger partial charge in [0.05, 0.1) is 13.2 Å². The number of aliphatic hydroxyl groups excluding tert-OH is 1. The zero-order chi connectivity index (χ0) is 9.57. The molecule has 0 aromatic heterocycles. The molecule has 0 aromatic carbocycles. The normalized spacial score (nSPS) is 28.2. The molecule has 1 fully saturated rings. The van der Waals surface area contributed by atoms with Gasteiger partial charge in [-0.05, 0) is 12.8 Å². The van der Waals surface area contributed by atoms with Gasteiger partial charge in [0.25, 0.3) is 0 Å². The van der Waals surface area contributed by atoms with Gasteiger partial charge >= 0.3 is 0 Å². The SMILES string of the molecule is CCCCCCC1(CO)CCOC1. The lowest BCUT2D eigenvalue weighted by Gasteiger charge is -2.24. The molecule has 0 aromatic rings. The van der Waals surface area contributed by atoms with Crippen LogP contribution in [0.1, 0.15) is 45.4 Å². The molecule has 0 saturated carbocycles. The maximum atomic E-state index is 9.29. The molecule has 1 unspecified atom stereocenters. The molecule has 0 aliphatic carbocycles. The number of hydrogen-bond acceptors (Lipinski definition) is 2. The van der Waals surface area contributed by atoms with Crippen molar-refractivity contribution >= 4 is 0 Å². The number of aliphatic hydroxyl groups is 1. The molecule has 1 heterocycles. The van der Waals surface area contributed by atoms with Crippen LogP contribution in [-0.4, -0.2) is 24.9 Å². The van der Waals surface area contributed by atoms with Crippen LogP contribution in [0.2, 0.25) is 0 Å². The van der Waals surface area contributed by atoms with E-state index in [0.29, 0.717) is 6.61 Å². The Morgan fingerprint density at radius 2 is 2.15 bits per heavy atom. The lowest BCUT2D eigenvalue weighted by atomic mass is 9.83. The molecule has 0 amide bonds. The number of ether oxygens (including phenoxy) is 1. The van der Waals surface area contributed by atoms with Crippen LogP contribution in [0.15, 0.2) is 0 Å². The topological polar surface area (TPSA) is 29.5 Å². The third kappa shape index (κ3) is 3.28. The van der Waals surface area contributed by atoms with E-state index in [2.05, 4.69) is 6.92 Å².